The first-order valence-electron chi connectivity index (χ1n) is 13.4. The van der Waals surface area contributed by atoms with Gasteiger partial charge in [-0.2, -0.15) is 0 Å². The molecule has 0 amide bonds. The molecule has 0 radical (unpaired) electrons. The standard InChI is InChI=1S/C35H24N4O/c1-4-12-23(13-5-1)28-22-33(38-34(36-28)24-14-6-2-7-15-24)39-30-19-11-10-18-26(30)27-20-32-29(21-31(27)39)37-35(40-32)25-16-8-3-9-17-25/h1-22,34,38H. The average Bonchev–Trinajstić information content (AvgIpc) is 3.59. The summed E-state index contributed by atoms with van der Waals surface area (Å²) in [6.07, 6.45) is 1.91. The van der Waals surface area contributed by atoms with Gasteiger partial charge in [-0.1, -0.05) is 97.1 Å². The second kappa shape index (κ2) is 9.10. The Hall–Kier alpha value is -5.42. The normalized spacial score (nSPS) is 15.2. The Morgan fingerprint density at radius 2 is 1.32 bits per heavy atom. The van der Waals surface area contributed by atoms with Gasteiger partial charge in [0, 0.05) is 22.4 Å². The van der Waals surface area contributed by atoms with E-state index in [2.05, 4.69) is 101 Å². The first-order chi connectivity index (χ1) is 19.8. The summed E-state index contributed by atoms with van der Waals surface area (Å²) < 4.78 is 8.53. The molecule has 5 nitrogen and oxygen atoms in total. The Bertz CT molecular complexity index is 2070. The van der Waals surface area contributed by atoms with E-state index in [1.807, 2.05) is 42.5 Å². The summed E-state index contributed by atoms with van der Waals surface area (Å²) in [5.74, 6) is 1.58. The maximum absolute atomic E-state index is 6.25. The van der Waals surface area contributed by atoms with Gasteiger partial charge in [-0.3, -0.25) is 9.56 Å². The van der Waals surface area contributed by atoms with Crippen LogP contribution in [0.2, 0.25) is 0 Å². The minimum Gasteiger partial charge on any atom is -0.436 e. The van der Waals surface area contributed by atoms with E-state index < -0.39 is 0 Å². The monoisotopic (exact) mass is 516 g/mol. The molecule has 7 aromatic rings. The van der Waals surface area contributed by atoms with E-state index in [9.17, 15) is 0 Å². The number of fused-ring (bicyclic) bond motifs is 4. The van der Waals surface area contributed by atoms with Crippen LogP contribution in [-0.4, -0.2) is 15.3 Å². The molecule has 0 saturated heterocycles. The SMILES string of the molecule is C1=C(n2c3ccccc3c3cc4oc(-c5ccccc5)nc4cc32)NC(c2ccccc2)N=C1c1ccccc1. The van der Waals surface area contributed by atoms with Crippen LogP contribution >= 0.6 is 0 Å². The predicted octanol–water partition coefficient (Wildman–Crippen LogP) is 8.19. The maximum atomic E-state index is 6.25. The smallest absolute Gasteiger partial charge is 0.227 e. The molecule has 1 N–H and O–H groups in total. The Morgan fingerprint density at radius 1 is 0.650 bits per heavy atom. The van der Waals surface area contributed by atoms with Crippen molar-refractivity contribution >= 4 is 44.4 Å². The molecular formula is C35H24N4O. The van der Waals surface area contributed by atoms with Crippen molar-refractivity contribution in [3.05, 3.63) is 145 Å². The minimum absolute atomic E-state index is 0.229. The fraction of sp³-hybridized carbons (Fsp3) is 0.0286. The number of oxazole rings is 1. The molecule has 0 bridgehead atoms. The molecular weight excluding hydrogens is 492 g/mol. The Kier molecular flexibility index (Phi) is 5.13. The Labute approximate surface area is 230 Å². The summed E-state index contributed by atoms with van der Waals surface area (Å²) >= 11 is 0. The summed E-state index contributed by atoms with van der Waals surface area (Å²) in [5, 5.41) is 5.99. The summed E-state index contributed by atoms with van der Waals surface area (Å²) in [6.45, 7) is 0. The molecule has 1 unspecified atom stereocenters. The summed E-state index contributed by atoms with van der Waals surface area (Å²) in [4.78, 5) is 9.99. The lowest BCUT2D eigenvalue weighted by Gasteiger charge is -2.26. The third-order valence-corrected chi connectivity index (χ3v) is 7.45. The quantitative estimate of drug-likeness (QED) is 0.257. The summed E-state index contributed by atoms with van der Waals surface area (Å²) in [6, 6.07) is 43.5. The van der Waals surface area contributed by atoms with E-state index in [0.29, 0.717) is 5.89 Å². The van der Waals surface area contributed by atoms with Gasteiger partial charge < -0.3 is 9.73 Å². The van der Waals surface area contributed by atoms with Gasteiger partial charge in [0.05, 0.1) is 16.7 Å². The highest BCUT2D eigenvalue weighted by Gasteiger charge is 2.23. The van der Waals surface area contributed by atoms with E-state index in [1.54, 1.807) is 0 Å². The molecule has 190 valence electrons. The van der Waals surface area contributed by atoms with Crippen molar-refractivity contribution in [3.8, 4) is 11.5 Å². The highest BCUT2D eigenvalue weighted by molar-refractivity contribution is 6.16. The molecule has 0 saturated carbocycles. The van der Waals surface area contributed by atoms with Gasteiger partial charge in [0.15, 0.2) is 5.58 Å². The highest BCUT2D eigenvalue weighted by Crippen LogP contribution is 2.37. The van der Waals surface area contributed by atoms with Crippen molar-refractivity contribution in [2.75, 3.05) is 0 Å². The van der Waals surface area contributed by atoms with Gasteiger partial charge in [-0.25, -0.2) is 4.98 Å². The van der Waals surface area contributed by atoms with Crippen molar-refractivity contribution in [3.63, 3.8) is 0 Å². The van der Waals surface area contributed by atoms with Crippen molar-refractivity contribution in [1.29, 1.82) is 0 Å². The van der Waals surface area contributed by atoms with Crippen LogP contribution in [0.25, 0.3) is 50.2 Å². The van der Waals surface area contributed by atoms with Crippen LogP contribution in [0.15, 0.2) is 143 Å². The van der Waals surface area contributed by atoms with E-state index in [-0.39, 0.29) is 6.17 Å². The van der Waals surface area contributed by atoms with Crippen molar-refractivity contribution < 1.29 is 4.42 Å². The number of nitrogens with zero attached hydrogens (tertiary/aromatic N) is 3. The Morgan fingerprint density at radius 3 is 2.10 bits per heavy atom. The van der Waals surface area contributed by atoms with Gasteiger partial charge in [0.25, 0.3) is 0 Å². The van der Waals surface area contributed by atoms with Crippen molar-refractivity contribution in [2.24, 2.45) is 4.99 Å². The molecule has 1 aliphatic heterocycles. The number of aromatic nitrogens is 2. The number of benzene rings is 5. The molecule has 1 atom stereocenters. The molecule has 0 aliphatic carbocycles. The lowest BCUT2D eigenvalue weighted by molar-refractivity contribution is 0.620. The van der Waals surface area contributed by atoms with Crippen LogP contribution in [-0.2, 0) is 0 Å². The number of nitrogens with one attached hydrogen (secondary N) is 1. The second-order valence-electron chi connectivity index (χ2n) is 9.94. The number of rotatable bonds is 4. The number of aliphatic imine (C=N–C) groups is 1. The molecule has 2 aromatic heterocycles. The number of hydrogen-bond acceptors (Lipinski definition) is 4. The van der Waals surface area contributed by atoms with Gasteiger partial charge in [-0.15, -0.1) is 0 Å². The summed E-state index contributed by atoms with van der Waals surface area (Å²) in [7, 11) is 0. The summed E-state index contributed by atoms with van der Waals surface area (Å²) in [5.41, 5.74) is 7.83. The maximum Gasteiger partial charge on any atom is 0.227 e. The van der Waals surface area contributed by atoms with E-state index in [0.717, 1.165) is 61.1 Å². The third kappa shape index (κ3) is 3.71. The predicted molar refractivity (Wildman–Crippen MR) is 162 cm³/mol. The second-order valence-corrected chi connectivity index (χ2v) is 9.94. The third-order valence-electron chi connectivity index (χ3n) is 7.45. The van der Waals surface area contributed by atoms with Gasteiger partial charge in [-0.05, 0) is 41.5 Å². The fourth-order valence-corrected chi connectivity index (χ4v) is 5.56. The average molecular weight is 517 g/mol. The van der Waals surface area contributed by atoms with Crippen LogP contribution in [0, 0.1) is 0 Å². The number of hydrogen-bond donors (Lipinski definition) is 1. The molecule has 5 aromatic carbocycles. The van der Waals surface area contributed by atoms with Crippen LogP contribution in [0.1, 0.15) is 17.3 Å². The minimum atomic E-state index is -0.229. The number of para-hydroxylation sites is 1. The number of allylic oxidation sites excluding steroid dienone is 1. The molecule has 0 spiro atoms. The largest absolute Gasteiger partial charge is 0.436 e. The van der Waals surface area contributed by atoms with Gasteiger partial charge >= 0.3 is 0 Å². The van der Waals surface area contributed by atoms with Gasteiger partial charge in [0.2, 0.25) is 5.89 Å². The zero-order valence-corrected chi connectivity index (χ0v) is 21.5. The fourth-order valence-electron chi connectivity index (χ4n) is 5.56. The molecule has 5 heteroatoms. The van der Waals surface area contributed by atoms with Gasteiger partial charge in [0.1, 0.15) is 17.5 Å². The topological polar surface area (TPSA) is 55.4 Å². The highest BCUT2D eigenvalue weighted by atomic mass is 16.3. The molecule has 0 fully saturated rings. The molecule has 8 rings (SSSR count). The van der Waals surface area contributed by atoms with E-state index in [1.165, 1.54) is 0 Å². The van der Waals surface area contributed by atoms with Crippen LogP contribution in [0.3, 0.4) is 0 Å². The lowest BCUT2D eigenvalue weighted by atomic mass is 10.1. The lowest BCUT2D eigenvalue weighted by Crippen LogP contribution is -2.27. The molecule has 40 heavy (non-hydrogen) atoms. The van der Waals surface area contributed by atoms with Crippen molar-refractivity contribution in [1.82, 2.24) is 14.9 Å². The first-order valence-corrected chi connectivity index (χ1v) is 13.4. The molecule has 1 aliphatic rings. The van der Waals surface area contributed by atoms with E-state index >= 15 is 0 Å². The van der Waals surface area contributed by atoms with Crippen LogP contribution in [0.4, 0.5) is 0 Å². The zero-order chi connectivity index (χ0) is 26.5. The first kappa shape index (κ1) is 22.6. The zero-order valence-electron chi connectivity index (χ0n) is 21.5. The van der Waals surface area contributed by atoms with Crippen LogP contribution in [0.5, 0.6) is 0 Å². The molecule has 3 heterocycles. The Balaban J connectivity index is 1.36. The van der Waals surface area contributed by atoms with Crippen LogP contribution < -0.4 is 5.32 Å². The van der Waals surface area contributed by atoms with E-state index in [4.69, 9.17) is 14.4 Å². The van der Waals surface area contributed by atoms with Crippen molar-refractivity contribution in [2.45, 2.75) is 6.17 Å².